The van der Waals surface area contributed by atoms with Crippen molar-refractivity contribution in [1.82, 2.24) is 0 Å². The van der Waals surface area contributed by atoms with E-state index in [1.54, 1.807) is 0 Å². The standard InChI is InChI=1S/C14H4BrF9O3S.C14H4BrF9OS.C10H8BrF2S2.CHF3O3S/c15-5-1-7(16)11(8(17)2-5)13(20,21)27-6-3-9(18)12(10(19)4-6)28(25,26)14(22,23)24;15-5-1-7(16)11(8(17)2-5)13(20,21)25-6-3-9(18)12(10(19)4-6)26-14(22,23)24;11-6-4-7(12)9(8(13)5-6)10-14-2-1-3-15-10;2-1(3,4)8(5,6)7/h1-4H;1-4H;4-5H,1-3H2;(H,5,6,7)/q;;+1;/p-1. The first-order chi connectivity index (χ1) is 34.8. The zero-order valence-corrected chi connectivity index (χ0v) is 44.5. The third kappa shape index (κ3) is 18.4. The molecule has 1 aliphatic heterocycles. The molecule has 6 rings (SSSR count). The molecule has 0 spiro atoms. The lowest BCUT2D eigenvalue weighted by atomic mass is 10.2. The van der Waals surface area contributed by atoms with Crippen LogP contribution in [0.1, 0.15) is 23.1 Å². The summed E-state index contributed by atoms with van der Waals surface area (Å²) in [5.74, 6) is -17.4. The molecule has 7 nitrogen and oxygen atoms in total. The molecule has 0 N–H and O–H groups in total. The quantitative estimate of drug-likeness (QED) is 0.0356. The predicted molar refractivity (Wildman–Crippen MR) is 238 cm³/mol. The van der Waals surface area contributed by atoms with E-state index in [9.17, 15) is 109 Å². The minimum Gasteiger partial charge on any atom is -0.741 e. The summed E-state index contributed by atoms with van der Waals surface area (Å²) in [5.41, 5.74) is -20.4. The van der Waals surface area contributed by atoms with E-state index in [2.05, 4.69) is 57.3 Å². The van der Waals surface area contributed by atoms with Gasteiger partial charge in [-0.3, -0.25) is 0 Å². The topological polar surface area (TPSA) is 110 Å². The van der Waals surface area contributed by atoms with E-state index in [0.29, 0.717) is 28.7 Å². The maximum atomic E-state index is 14.0. The van der Waals surface area contributed by atoms with Crippen LogP contribution in [0.4, 0.5) is 101 Å². The monoisotopic (exact) mass is 1430 g/mol. The summed E-state index contributed by atoms with van der Waals surface area (Å²) in [6.07, 6.45) is -8.47. The van der Waals surface area contributed by atoms with Gasteiger partial charge in [-0.2, -0.15) is 57.1 Å². The fourth-order valence-corrected chi connectivity index (χ4v) is 10.4. The molecule has 0 amide bonds. The molecule has 5 aromatic carbocycles. The Hall–Kier alpha value is -3.82. The Morgan fingerprint density at radius 3 is 1.12 bits per heavy atom. The van der Waals surface area contributed by atoms with Crippen LogP contribution in [0.25, 0.3) is 0 Å². The van der Waals surface area contributed by atoms with Crippen LogP contribution in [0.15, 0.2) is 83.9 Å². The van der Waals surface area contributed by atoms with Crippen molar-refractivity contribution in [3.8, 4) is 11.5 Å². The maximum absolute atomic E-state index is 14.0. The molecule has 1 heterocycles. The molecule has 77 heavy (non-hydrogen) atoms. The van der Waals surface area contributed by atoms with E-state index in [0.717, 1.165) is 22.1 Å². The molecular formula is C39H16Br3F23O7S5. The summed E-state index contributed by atoms with van der Waals surface area (Å²) >= 11 is 10.3. The van der Waals surface area contributed by atoms with Gasteiger partial charge in [0.15, 0.2) is 27.2 Å². The third-order valence-electron chi connectivity index (χ3n) is 8.07. The summed E-state index contributed by atoms with van der Waals surface area (Å²) in [5, 5.41) is 0. The third-order valence-corrected chi connectivity index (χ3v) is 15.0. The Bertz CT molecular complexity index is 3140. The number of benzene rings is 5. The van der Waals surface area contributed by atoms with Gasteiger partial charge in [-0.15, -0.1) is 0 Å². The molecular weight excluding hydrogens is 1420 g/mol. The fourth-order valence-electron chi connectivity index (χ4n) is 5.13. The largest absolute Gasteiger partial charge is 0.741 e. The van der Waals surface area contributed by atoms with E-state index in [-0.39, 0.29) is 38.8 Å². The summed E-state index contributed by atoms with van der Waals surface area (Å²) in [4.78, 5) is -3.94. The van der Waals surface area contributed by atoms with Crippen molar-refractivity contribution in [3.63, 3.8) is 0 Å². The van der Waals surface area contributed by atoms with E-state index in [1.165, 1.54) is 35.2 Å². The van der Waals surface area contributed by atoms with Crippen molar-refractivity contribution < 1.29 is 132 Å². The van der Waals surface area contributed by atoms with Gasteiger partial charge < -0.3 is 14.0 Å². The number of hydrogen-bond acceptors (Lipinski definition) is 9. The Kier molecular flexibility index (Phi) is 22.6. The van der Waals surface area contributed by atoms with Crippen LogP contribution in [-0.4, -0.2) is 53.6 Å². The van der Waals surface area contributed by atoms with Crippen LogP contribution >= 0.6 is 71.3 Å². The van der Waals surface area contributed by atoms with Crippen LogP contribution in [0, 0.1) is 58.2 Å². The number of ether oxygens (including phenoxy) is 2. The summed E-state index contributed by atoms with van der Waals surface area (Å²) in [6, 6.07) is 3.95. The molecule has 5 aromatic rings. The smallest absolute Gasteiger partial charge is 0.502 e. The molecule has 1 aliphatic rings. The molecule has 0 atom stereocenters. The van der Waals surface area contributed by atoms with Gasteiger partial charge >= 0.3 is 28.7 Å². The van der Waals surface area contributed by atoms with Crippen molar-refractivity contribution in [2.24, 2.45) is 0 Å². The average Bonchev–Trinajstić information content (AvgIpc) is 3.20. The second-order valence-corrected chi connectivity index (χ2v) is 23.2. The Balaban J connectivity index is 0.000000292. The molecule has 0 saturated carbocycles. The molecule has 0 saturated heterocycles. The van der Waals surface area contributed by atoms with Crippen molar-refractivity contribution in [2.75, 3.05) is 11.5 Å². The highest BCUT2D eigenvalue weighted by molar-refractivity contribution is 9.11. The average molecular weight is 1430 g/mol. The van der Waals surface area contributed by atoms with Gasteiger partial charge in [0.1, 0.15) is 91.3 Å². The lowest BCUT2D eigenvalue weighted by Crippen LogP contribution is -2.27. The van der Waals surface area contributed by atoms with E-state index in [4.69, 9.17) is 13.0 Å². The van der Waals surface area contributed by atoms with Crippen molar-refractivity contribution in [2.45, 2.75) is 45.0 Å². The van der Waals surface area contributed by atoms with Crippen molar-refractivity contribution in [3.05, 3.63) is 149 Å². The molecule has 0 bridgehead atoms. The van der Waals surface area contributed by atoms with E-state index in [1.807, 2.05) is 0 Å². The highest BCUT2D eigenvalue weighted by Gasteiger charge is 2.51. The van der Waals surface area contributed by atoms with Gasteiger partial charge in [0.25, 0.3) is 14.0 Å². The minimum absolute atomic E-state index is 0.0414. The van der Waals surface area contributed by atoms with Crippen LogP contribution in [0.2, 0.25) is 0 Å². The SMILES string of the molecule is Fc1cc(Br)cc(F)c1C1=[S+]CCCS1.Fc1cc(OC(F)(F)c2c(F)cc(Br)cc2F)cc(F)c1SC(F)(F)F.O=S(=O)([O-])C(F)(F)F.O=S(=O)(c1c(F)cc(OC(F)(F)c2c(F)cc(Br)cc2F)cc1F)C(F)(F)F. The zero-order valence-electron chi connectivity index (χ0n) is 35.6. The zero-order chi connectivity index (χ0) is 59.4. The van der Waals surface area contributed by atoms with Crippen molar-refractivity contribution >= 4 is 107 Å². The van der Waals surface area contributed by atoms with Crippen LogP contribution < -0.4 is 9.47 Å². The number of thioether (sulfide) groups is 2. The fraction of sp³-hybridized carbons (Fsp3) is 0.205. The van der Waals surface area contributed by atoms with Crippen LogP contribution in [0.3, 0.4) is 0 Å². The van der Waals surface area contributed by atoms with Gasteiger partial charge in [0.2, 0.25) is 0 Å². The first-order valence-electron chi connectivity index (χ1n) is 18.6. The molecule has 0 radical (unpaired) electrons. The number of alkyl halides is 13. The van der Waals surface area contributed by atoms with Gasteiger partial charge in [0, 0.05) is 49.9 Å². The van der Waals surface area contributed by atoms with Crippen molar-refractivity contribution in [1.29, 1.82) is 0 Å². The van der Waals surface area contributed by atoms with Crippen LogP contribution in [-0.2, 0) is 43.5 Å². The van der Waals surface area contributed by atoms with E-state index < -0.39 is 151 Å². The molecule has 0 unspecified atom stereocenters. The van der Waals surface area contributed by atoms with Gasteiger partial charge in [-0.25, -0.2) is 60.7 Å². The van der Waals surface area contributed by atoms with Crippen LogP contribution in [0.5, 0.6) is 11.5 Å². The van der Waals surface area contributed by atoms with Gasteiger partial charge in [-0.05, 0) is 48.2 Å². The number of halogens is 26. The number of rotatable bonds is 9. The molecule has 38 heteroatoms. The maximum Gasteiger partial charge on any atom is 0.502 e. The molecule has 426 valence electrons. The van der Waals surface area contributed by atoms with Gasteiger partial charge in [-0.1, -0.05) is 59.6 Å². The Labute approximate surface area is 452 Å². The number of hydrogen-bond donors (Lipinski definition) is 0. The molecule has 0 fully saturated rings. The highest BCUT2D eigenvalue weighted by atomic mass is 79.9. The summed E-state index contributed by atoms with van der Waals surface area (Å²) in [7, 11) is -12.6. The first-order valence-corrected chi connectivity index (χ1v) is 26.7. The second-order valence-electron chi connectivity index (χ2n) is 13.6. The molecule has 0 aromatic heterocycles. The Morgan fingerprint density at radius 1 is 0.506 bits per heavy atom. The van der Waals surface area contributed by atoms with E-state index >= 15 is 0 Å². The normalized spacial score (nSPS) is 13.5. The Morgan fingerprint density at radius 2 is 0.831 bits per heavy atom. The van der Waals surface area contributed by atoms with Gasteiger partial charge in [0.05, 0.1) is 4.90 Å². The summed E-state index contributed by atoms with van der Waals surface area (Å²) in [6.45, 7) is 0. The summed E-state index contributed by atoms with van der Waals surface area (Å²) < 4.78 is 356. The lowest BCUT2D eigenvalue weighted by molar-refractivity contribution is -0.190. The second kappa shape index (κ2) is 25.7. The minimum atomic E-state index is -6.49. The molecule has 0 aliphatic carbocycles. The highest BCUT2D eigenvalue weighted by Crippen LogP contribution is 2.43. The first kappa shape index (κ1) is 67.5. The predicted octanol–water partition coefficient (Wildman–Crippen LogP) is 15.6. The lowest BCUT2D eigenvalue weighted by Gasteiger charge is -2.20. The number of sulfone groups is 1.